The number of carboxylic acids is 1. The summed E-state index contributed by atoms with van der Waals surface area (Å²) >= 11 is 0. The summed E-state index contributed by atoms with van der Waals surface area (Å²) in [6.45, 7) is 5.46. The maximum Gasteiger partial charge on any atom is 0.433 e. The van der Waals surface area contributed by atoms with Crippen LogP contribution in [0.3, 0.4) is 0 Å². The lowest BCUT2D eigenvalue weighted by atomic mass is 10.00. The van der Waals surface area contributed by atoms with E-state index in [0.717, 1.165) is 70.5 Å². The molecular formula is C54H55F3N6O8. The van der Waals surface area contributed by atoms with Crippen molar-refractivity contribution in [3.8, 4) is 34.4 Å². The van der Waals surface area contributed by atoms with Crippen molar-refractivity contribution < 1.29 is 50.9 Å². The standard InChI is InChI=1S/C29H27F3N4O4.C25H28N2O4/c1-18-24(34-26(40-18)20-5-3-2-4-6-20)12-14-39-23-9-7-19(8-10-23)15-22-16-21(27(37)38)17-36(22)28-33-13-11-25(35-28)29(30,31)32;1-17-23(27-24(31-17)19-6-4-3-5-7-19)12-13-30-22-10-8-18(9-11-22)14-21-15-20(16-26-21)25(28)29-2/h2-11,13,21-22H,12,14-17H2,1H3,(H,37,38);3-11,20-21,26H,12-16H2,1-2H3/t21-,22+;20-,21+/m00/s1. The molecule has 2 aliphatic rings. The minimum Gasteiger partial charge on any atom is -0.493 e. The number of carbonyl (C=O) groups excluding carboxylic acids is 1. The van der Waals surface area contributed by atoms with E-state index in [1.807, 2.05) is 111 Å². The highest BCUT2D eigenvalue weighted by Crippen LogP contribution is 2.33. The van der Waals surface area contributed by atoms with E-state index < -0.39 is 23.8 Å². The third-order valence-electron chi connectivity index (χ3n) is 12.6. The van der Waals surface area contributed by atoms with E-state index in [9.17, 15) is 27.9 Å². The average molecular weight is 973 g/mol. The molecule has 4 atom stereocenters. The van der Waals surface area contributed by atoms with Gasteiger partial charge in [-0.25, -0.2) is 19.9 Å². The normalized spacial score (nSPS) is 17.6. The first kappa shape index (κ1) is 49.9. The third kappa shape index (κ3) is 13.2. The van der Waals surface area contributed by atoms with Crippen LogP contribution < -0.4 is 19.7 Å². The Morgan fingerprint density at radius 1 is 0.718 bits per heavy atom. The zero-order valence-electron chi connectivity index (χ0n) is 39.6. The van der Waals surface area contributed by atoms with Crippen LogP contribution >= 0.6 is 0 Å². The Hall–Kier alpha value is -7.53. The molecule has 0 spiro atoms. The number of aliphatic carboxylic acids is 1. The first-order chi connectivity index (χ1) is 34.3. The van der Waals surface area contributed by atoms with Crippen molar-refractivity contribution in [2.24, 2.45) is 11.8 Å². The molecule has 2 saturated heterocycles. The number of rotatable bonds is 17. The van der Waals surface area contributed by atoms with Gasteiger partial charge in [0.25, 0.3) is 0 Å². The summed E-state index contributed by atoms with van der Waals surface area (Å²) in [6.07, 6.45) is 0.0662. The summed E-state index contributed by atoms with van der Waals surface area (Å²) in [5.74, 6) is 2.25. The molecular weight excluding hydrogens is 918 g/mol. The number of carbonyl (C=O) groups is 2. The fourth-order valence-corrected chi connectivity index (χ4v) is 8.76. The van der Waals surface area contributed by atoms with Crippen LogP contribution in [0.15, 0.2) is 130 Å². The lowest BCUT2D eigenvalue weighted by Gasteiger charge is -2.25. The Kier molecular flexibility index (Phi) is 16.1. The number of nitrogens with one attached hydrogen (secondary N) is 1. The molecule has 3 aromatic heterocycles. The first-order valence-corrected chi connectivity index (χ1v) is 23.5. The quantitative estimate of drug-likeness (QED) is 0.0826. The van der Waals surface area contributed by atoms with E-state index in [4.69, 9.17) is 23.0 Å². The van der Waals surface area contributed by atoms with Gasteiger partial charge in [0.15, 0.2) is 0 Å². The predicted octanol–water partition coefficient (Wildman–Crippen LogP) is 9.57. The third-order valence-corrected chi connectivity index (χ3v) is 12.6. The maximum atomic E-state index is 13.2. The second-order valence-electron chi connectivity index (χ2n) is 17.5. The number of methoxy groups -OCH3 is 1. The smallest absolute Gasteiger partial charge is 0.433 e. The van der Waals surface area contributed by atoms with Crippen LogP contribution in [0.2, 0.25) is 0 Å². The van der Waals surface area contributed by atoms with Crippen LogP contribution in [0.1, 0.15) is 52.6 Å². The minimum atomic E-state index is -4.62. The van der Waals surface area contributed by atoms with Crippen molar-refractivity contribution in [1.29, 1.82) is 0 Å². The number of hydrogen-bond acceptors (Lipinski definition) is 13. The van der Waals surface area contributed by atoms with Crippen molar-refractivity contribution in [3.63, 3.8) is 0 Å². The van der Waals surface area contributed by atoms with Gasteiger partial charge < -0.3 is 38.4 Å². The highest BCUT2D eigenvalue weighted by Gasteiger charge is 2.39. The first-order valence-electron chi connectivity index (χ1n) is 23.5. The van der Waals surface area contributed by atoms with Gasteiger partial charge in [0.2, 0.25) is 17.7 Å². The van der Waals surface area contributed by atoms with E-state index in [2.05, 4.69) is 37.4 Å². The molecule has 0 aliphatic carbocycles. The molecule has 0 amide bonds. The monoisotopic (exact) mass is 972 g/mol. The summed E-state index contributed by atoms with van der Waals surface area (Å²) in [6, 6.07) is 35.8. The lowest BCUT2D eigenvalue weighted by molar-refractivity contribution is -0.145. The van der Waals surface area contributed by atoms with Gasteiger partial charge in [0.05, 0.1) is 43.5 Å². The van der Waals surface area contributed by atoms with Crippen molar-refractivity contribution in [1.82, 2.24) is 25.3 Å². The molecule has 2 fully saturated rings. The van der Waals surface area contributed by atoms with Gasteiger partial charge in [-0.1, -0.05) is 60.7 Å². The number of ether oxygens (including phenoxy) is 3. The molecule has 2 N–H and O–H groups in total. The van der Waals surface area contributed by atoms with Crippen LogP contribution in [0.5, 0.6) is 11.5 Å². The Morgan fingerprint density at radius 2 is 1.25 bits per heavy atom. The molecule has 71 heavy (non-hydrogen) atoms. The molecule has 0 bridgehead atoms. The van der Waals surface area contributed by atoms with Gasteiger partial charge >= 0.3 is 18.1 Å². The van der Waals surface area contributed by atoms with Crippen molar-refractivity contribution >= 4 is 17.9 Å². The maximum absolute atomic E-state index is 13.2. The van der Waals surface area contributed by atoms with Gasteiger partial charge in [-0.15, -0.1) is 0 Å². The largest absolute Gasteiger partial charge is 0.493 e. The number of carboxylic acid groups (broad SMARTS) is 1. The summed E-state index contributed by atoms with van der Waals surface area (Å²) < 4.78 is 67.8. The zero-order valence-corrected chi connectivity index (χ0v) is 39.6. The van der Waals surface area contributed by atoms with E-state index in [1.165, 1.54) is 12.7 Å². The Morgan fingerprint density at radius 3 is 1.76 bits per heavy atom. The fourth-order valence-electron chi connectivity index (χ4n) is 8.76. The van der Waals surface area contributed by atoms with Gasteiger partial charge in [-0.05, 0) is 105 Å². The van der Waals surface area contributed by atoms with Crippen molar-refractivity contribution in [2.75, 3.05) is 38.3 Å². The lowest BCUT2D eigenvalue weighted by Crippen LogP contribution is -2.33. The molecule has 4 aromatic carbocycles. The van der Waals surface area contributed by atoms with Crippen LogP contribution in [0.25, 0.3) is 22.9 Å². The van der Waals surface area contributed by atoms with Gasteiger partial charge in [-0.3, -0.25) is 9.59 Å². The molecule has 7 aromatic rings. The molecule has 0 saturated carbocycles. The summed E-state index contributed by atoms with van der Waals surface area (Å²) in [5, 5.41) is 13.0. The van der Waals surface area contributed by atoms with Crippen LogP contribution in [-0.4, -0.2) is 82.5 Å². The molecule has 370 valence electrons. The predicted molar refractivity (Wildman–Crippen MR) is 258 cm³/mol. The number of hydrogen-bond donors (Lipinski definition) is 2. The summed E-state index contributed by atoms with van der Waals surface area (Å²) in [7, 11) is 1.44. The second kappa shape index (κ2) is 22.9. The van der Waals surface area contributed by atoms with Gasteiger partial charge in [0, 0.05) is 55.3 Å². The van der Waals surface area contributed by atoms with E-state index in [-0.39, 0.29) is 36.8 Å². The number of aryl methyl sites for hydroxylation is 2. The molecule has 2 aliphatic heterocycles. The molecule has 14 nitrogen and oxygen atoms in total. The molecule has 5 heterocycles. The Bertz CT molecular complexity index is 2840. The van der Waals surface area contributed by atoms with E-state index >= 15 is 0 Å². The summed E-state index contributed by atoms with van der Waals surface area (Å²) in [4.78, 5) is 41.8. The SMILES string of the molecule is COC(=O)[C@@H]1CN[C@H](Cc2ccc(OCCc3nc(-c4ccccc4)oc3C)cc2)C1.Cc1oc(-c2ccccc2)nc1CCOc1ccc(C[C@@H]2C[C@H](C(=O)O)CN2c2nccc(C(F)(F)F)n2)cc1. The Labute approximate surface area is 409 Å². The number of nitrogens with zero attached hydrogens (tertiary/aromatic N) is 5. The van der Waals surface area contributed by atoms with Crippen LogP contribution in [0.4, 0.5) is 19.1 Å². The number of alkyl halides is 3. The van der Waals surface area contributed by atoms with Crippen molar-refractivity contribution in [2.45, 2.75) is 70.6 Å². The van der Waals surface area contributed by atoms with Crippen molar-refractivity contribution in [3.05, 3.63) is 161 Å². The van der Waals surface area contributed by atoms with E-state index in [1.54, 1.807) is 4.90 Å². The van der Waals surface area contributed by atoms with Crippen LogP contribution in [-0.2, 0) is 46.2 Å². The van der Waals surface area contributed by atoms with Gasteiger partial charge in [0.1, 0.15) is 28.7 Å². The number of halogens is 3. The average Bonchev–Trinajstić information content (AvgIpc) is 4.20. The van der Waals surface area contributed by atoms with E-state index in [0.29, 0.717) is 62.6 Å². The van der Waals surface area contributed by atoms with Crippen LogP contribution in [0, 0.1) is 25.7 Å². The number of anilines is 1. The molecule has 17 heteroatoms. The molecule has 0 radical (unpaired) electrons. The number of aromatic nitrogens is 4. The molecule has 0 unspecified atom stereocenters. The highest BCUT2D eigenvalue weighted by atomic mass is 19.4. The fraction of sp³-hybridized carbons (Fsp3) is 0.333. The molecule has 9 rings (SSSR count). The number of esters is 1. The topological polar surface area (TPSA) is 175 Å². The summed E-state index contributed by atoms with van der Waals surface area (Å²) in [5.41, 5.74) is 4.67. The zero-order chi connectivity index (χ0) is 49.9. The number of benzene rings is 4. The Balaban J connectivity index is 0.000000197. The van der Waals surface area contributed by atoms with Gasteiger partial charge in [-0.2, -0.15) is 13.2 Å². The highest BCUT2D eigenvalue weighted by molar-refractivity contribution is 5.73. The number of oxazole rings is 2. The second-order valence-corrected chi connectivity index (χ2v) is 17.5. The minimum absolute atomic E-state index is 0.0377.